The molecule has 1 aliphatic rings. The number of nitrogens with zero attached hydrogens (tertiary/aromatic N) is 5. The Morgan fingerprint density at radius 3 is 2.71 bits per heavy atom. The normalized spacial score (nSPS) is 17.3. The van der Waals surface area contributed by atoms with E-state index in [9.17, 15) is 13.2 Å². The first-order chi connectivity index (χ1) is 13.3. The summed E-state index contributed by atoms with van der Waals surface area (Å²) in [5.41, 5.74) is 0.460. The smallest absolute Gasteiger partial charge is 0.255 e. The summed E-state index contributed by atoms with van der Waals surface area (Å²) in [5, 5.41) is 0. The number of carbonyl (C=O) groups excluding carboxylic acids is 1. The van der Waals surface area contributed by atoms with Crippen LogP contribution in [-0.4, -0.2) is 77.1 Å². The summed E-state index contributed by atoms with van der Waals surface area (Å²) in [4.78, 5) is 22.6. The van der Waals surface area contributed by atoms with Gasteiger partial charge in [0.1, 0.15) is 5.82 Å². The highest BCUT2D eigenvalue weighted by Gasteiger charge is 2.35. The topological polar surface area (TPSA) is 97.6 Å². The van der Waals surface area contributed by atoms with Gasteiger partial charge in [-0.2, -0.15) is 4.31 Å². The molecule has 0 saturated carbocycles. The van der Waals surface area contributed by atoms with Gasteiger partial charge in [-0.3, -0.25) is 4.79 Å². The molecule has 0 aromatic carbocycles. The maximum Gasteiger partial charge on any atom is 0.255 e. The second-order valence-corrected chi connectivity index (χ2v) is 8.76. The van der Waals surface area contributed by atoms with Crippen LogP contribution in [-0.2, 0) is 16.6 Å². The highest BCUT2D eigenvalue weighted by molar-refractivity contribution is 7.88. The Kier molecular flexibility index (Phi) is 5.99. The summed E-state index contributed by atoms with van der Waals surface area (Å²) in [5.74, 6) is 1.12. The van der Waals surface area contributed by atoms with E-state index in [1.807, 2.05) is 17.7 Å². The second-order valence-electron chi connectivity index (χ2n) is 6.82. The molecule has 1 fully saturated rings. The van der Waals surface area contributed by atoms with E-state index in [1.165, 1.54) is 23.9 Å². The van der Waals surface area contributed by atoms with Gasteiger partial charge in [-0.25, -0.2) is 18.4 Å². The molecule has 1 atom stereocenters. The maximum absolute atomic E-state index is 12.7. The summed E-state index contributed by atoms with van der Waals surface area (Å²) < 4.78 is 33.1. The minimum Gasteiger partial charge on any atom is -0.481 e. The number of carbonyl (C=O) groups is 1. The molecular formula is C18H25N5O4S. The van der Waals surface area contributed by atoms with Crippen molar-refractivity contribution in [3.05, 3.63) is 42.1 Å². The lowest BCUT2D eigenvalue weighted by Gasteiger charge is -2.27. The zero-order valence-electron chi connectivity index (χ0n) is 16.3. The fourth-order valence-electron chi connectivity index (χ4n) is 3.44. The second kappa shape index (κ2) is 8.27. The average molecular weight is 407 g/mol. The first-order valence-corrected chi connectivity index (χ1v) is 10.9. The molecular weight excluding hydrogens is 382 g/mol. The molecule has 1 amide bonds. The van der Waals surface area contributed by atoms with Crippen molar-refractivity contribution < 1.29 is 17.9 Å². The summed E-state index contributed by atoms with van der Waals surface area (Å²) in [7, 11) is -1.89. The van der Waals surface area contributed by atoms with Gasteiger partial charge in [0.15, 0.2) is 0 Å². The van der Waals surface area contributed by atoms with Crippen molar-refractivity contribution in [1.82, 2.24) is 23.7 Å². The molecule has 3 rings (SSSR count). The Bertz CT molecular complexity index is 926. The number of hydrogen-bond donors (Lipinski definition) is 0. The Morgan fingerprint density at radius 1 is 1.36 bits per heavy atom. The van der Waals surface area contributed by atoms with Crippen molar-refractivity contribution in [3.8, 4) is 5.88 Å². The third kappa shape index (κ3) is 4.50. The van der Waals surface area contributed by atoms with E-state index in [2.05, 4.69) is 9.97 Å². The molecule has 0 aliphatic carbocycles. The van der Waals surface area contributed by atoms with Gasteiger partial charge in [0, 0.05) is 56.9 Å². The third-order valence-corrected chi connectivity index (χ3v) is 6.29. The molecule has 2 aromatic rings. The number of amides is 1. The van der Waals surface area contributed by atoms with Crippen LogP contribution < -0.4 is 4.74 Å². The highest BCUT2D eigenvalue weighted by atomic mass is 32.2. The molecule has 1 saturated heterocycles. The lowest BCUT2D eigenvalue weighted by Crippen LogP contribution is -2.43. The first kappa shape index (κ1) is 20.3. The number of ether oxygens (including phenoxy) is 1. The van der Waals surface area contributed by atoms with E-state index in [0.29, 0.717) is 44.0 Å². The number of sulfonamides is 1. The number of aryl methyl sites for hydroxylation is 1. The molecule has 0 bridgehead atoms. The zero-order chi connectivity index (χ0) is 20.3. The SMILES string of the molecule is COc1ccc(C(=O)N2CCC(N(CCn3ccnc3C)S(C)(=O)=O)C2)cn1. The molecule has 0 radical (unpaired) electrons. The van der Waals surface area contributed by atoms with Gasteiger partial charge >= 0.3 is 0 Å². The summed E-state index contributed by atoms with van der Waals surface area (Å²) >= 11 is 0. The number of hydrogen-bond acceptors (Lipinski definition) is 6. The number of likely N-dealkylation sites (tertiary alicyclic amines) is 1. The van der Waals surface area contributed by atoms with Crippen molar-refractivity contribution in [2.24, 2.45) is 0 Å². The van der Waals surface area contributed by atoms with Crippen molar-refractivity contribution in [2.45, 2.75) is 25.9 Å². The van der Waals surface area contributed by atoms with Crippen LogP contribution in [0.1, 0.15) is 22.6 Å². The largest absolute Gasteiger partial charge is 0.481 e. The molecule has 1 aliphatic heterocycles. The number of pyridine rings is 1. The van der Waals surface area contributed by atoms with Crippen molar-refractivity contribution >= 4 is 15.9 Å². The monoisotopic (exact) mass is 407 g/mol. The lowest BCUT2D eigenvalue weighted by molar-refractivity contribution is 0.0784. The minimum absolute atomic E-state index is 0.156. The van der Waals surface area contributed by atoms with Crippen molar-refractivity contribution in [3.63, 3.8) is 0 Å². The molecule has 0 N–H and O–H groups in total. The third-order valence-electron chi connectivity index (χ3n) is 4.96. The van der Waals surface area contributed by atoms with Gasteiger partial charge in [0.25, 0.3) is 5.91 Å². The molecule has 152 valence electrons. The summed E-state index contributed by atoms with van der Waals surface area (Å²) in [6.45, 7) is 3.61. The van der Waals surface area contributed by atoms with Crippen LogP contribution in [0.3, 0.4) is 0 Å². The Hall–Kier alpha value is -2.46. The van der Waals surface area contributed by atoms with Crippen LogP contribution in [0.2, 0.25) is 0 Å². The van der Waals surface area contributed by atoms with Crippen LogP contribution in [0, 0.1) is 6.92 Å². The van der Waals surface area contributed by atoms with Gasteiger partial charge in [-0.15, -0.1) is 0 Å². The fourth-order valence-corrected chi connectivity index (χ4v) is 4.56. The number of imidazole rings is 1. The Balaban J connectivity index is 1.67. The van der Waals surface area contributed by atoms with E-state index < -0.39 is 10.0 Å². The predicted octanol–water partition coefficient (Wildman–Crippen LogP) is 0.771. The standard InChI is InChI=1S/C18H25N5O4S/c1-14-19-7-9-21(14)10-11-23(28(3,25)26)16-6-8-22(13-16)18(24)15-4-5-17(27-2)20-12-15/h4-5,7,9,12,16H,6,8,10-11,13H2,1-3H3. The fraction of sp³-hybridized carbons (Fsp3) is 0.500. The summed E-state index contributed by atoms with van der Waals surface area (Å²) in [6.07, 6.45) is 6.82. The van der Waals surface area contributed by atoms with Crippen molar-refractivity contribution in [1.29, 1.82) is 0 Å². The van der Waals surface area contributed by atoms with E-state index in [0.717, 1.165) is 5.82 Å². The molecule has 9 nitrogen and oxygen atoms in total. The molecule has 3 heterocycles. The molecule has 28 heavy (non-hydrogen) atoms. The van der Waals surface area contributed by atoms with Crippen LogP contribution >= 0.6 is 0 Å². The van der Waals surface area contributed by atoms with E-state index in [-0.39, 0.29) is 11.9 Å². The van der Waals surface area contributed by atoms with Gasteiger partial charge < -0.3 is 14.2 Å². The Morgan fingerprint density at radius 2 is 2.14 bits per heavy atom. The molecule has 10 heteroatoms. The van der Waals surface area contributed by atoms with Gasteiger partial charge in [-0.05, 0) is 19.4 Å². The number of rotatable bonds is 7. The average Bonchev–Trinajstić information content (AvgIpc) is 3.30. The number of aromatic nitrogens is 3. The Labute approximate surface area is 165 Å². The van der Waals surface area contributed by atoms with Crippen molar-refractivity contribution in [2.75, 3.05) is 33.0 Å². The van der Waals surface area contributed by atoms with E-state index >= 15 is 0 Å². The van der Waals surface area contributed by atoms with Crippen LogP contribution in [0.25, 0.3) is 0 Å². The van der Waals surface area contributed by atoms with Crippen LogP contribution in [0.4, 0.5) is 0 Å². The minimum atomic E-state index is -3.40. The highest BCUT2D eigenvalue weighted by Crippen LogP contribution is 2.21. The van der Waals surface area contributed by atoms with Crippen LogP contribution in [0.5, 0.6) is 5.88 Å². The molecule has 2 aromatic heterocycles. The zero-order valence-corrected chi connectivity index (χ0v) is 17.1. The molecule has 1 unspecified atom stereocenters. The molecule has 0 spiro atoms. The van der Waals surface area contributed by atoms with Crippen LogP contribution in [0.15, 0.2) is 30.7 Å². The predicted molar refractivity (Wildman–Crippen MR) is 104 cm³/mol. The van der Waals surface area contributed by atoms with Gasteiger partial charge in [-0.1, -0.05) is 0 Å². The van der Waals surface area contributed by atoms with Gasteiger partial charge in [0.05, 0.1) is 18.9 Å². The quantitative estimate of drug-likeness (QED) is 0.673. The van der Waals surface area contributed by atoms with Gasteiger partial charge in [0.2, 0.25) is 15.9 Å². The van der Waals surface area contributed by atoms with E-state index in [4.69, 9.17) is 4.74 Å². The first-order valence-electron chi connectivity index (χ1n) is 9.03. The number of methoxy groups -OCH3 is 1. The maximum atomic E-state index is 12.7. The summed E-state index contributed by atoms with van der Waals surface area (Å²) in [6, 6.07) is 3.06. The lowest BCUT2D eigenvalue weighted by atomic mass is 10.2. The van der Waals surface area contributed by atoms with E-state index in [1.54, 1.807) is 23.2 Å².